The molecule has 4 rings (SSSR count). The molecular formula is C18H16BrN5OS. The molecule has 0 radical (unpaired) electrons. The zero-order valence-corrected chi connectivity index (χ0v) is 16.4. The van der Waals surface area contributed by atoms with Gasteiger partial charge in [0, 0.05) is 24.7 Å². The maximum atomic E-state index is 5.70. The van der Waals surface area contributed by atoms with Gasteiger partial charge in [-0.3, -0.25) is 9.25 Å². The van der Waals surface area contributed by atoms with Crippen LogP contribution in [0.4, 0.5) is 0 Å². The Morgan fingerprint density at radius 1 is 1.08 bits per heavy atom. The highest BCUT2D eigenvalue weighted by atomic mass is 79.9. The summed E-state index contributed by atoms with van der Waals surface area (Å²) in [5.41, 5.74) is 2.31. The molecule has 0 spiro atoms. The molecule has 3 heterocycles. The van der Waals surface area contributed by atoms with Crippen molar-refractivity contribution in [3.63, 3.8) is 0 Å². The molecule has 0 amide bonds. The molecule has 0 fully saturated rings. The number of thioether (sulfide) groups is 1. The Labute approximate surface area is 163 Å². The summed E-state index contributed by atoms with van der Waals surface area (Å²) in [6.07, 6.45) is 1.80. The lowest BCUT2D eigenvalue weighted by Crippen LogP contribution is -2.04. The lowest BCUT2D eigenvalue weighted by Gasteiger charge is -2.09. The maximum absolute atomic E-state index is 5.70. The molecule has 0 aliphatic rings. The first-order valence-electron chi connectivity index (χ1n) is 8.03. The van der Waals surface area contributed by atoms with Crippen LogP contribution in [-0.4, -0.2) is 24.5 Å². The van der Waals surface area contributed by atoms with Gasteiger partial charge in [-0.2, -0.15) is 5.10 Å². The van der Waals surface area contributed by atoms with E-state index in [0.717, 1.165) is 16.6 Å². The molecule has 0 aliphatic heterocycles. The van der Waals surface area contributed by atoms with Crippen molar-refractivity contribution in [2.45, 2.75) is 17.5 Å². The van der Waals surface area contributed by atoms with Crippen LogP contribution in [0.2, 0.25) is 0 Å². The van der Waals surface area contributed by atoms with Gasteiger partial charge >= 0.3 is 0 Å². The molecule has 8 heteroatoms. The Hall–Kier alpha value is -2.32. The molecule has 1 aromatic carbocycles. The number of aromatic nitrogens is 5. The van der Waals surface area contributed by atoms with Crippen molar-refractivity contribution in [1.29, 1.82) is 0 Å². The fraction of sp³-hybridized carbons (Fsp3) is 0.167. The SMILES string of the molecule is Cn1nccc1CSc1nnc(-c2ccc(Br)o2)n1Cc1ccccc1. The highest BCUT2D eigenvalue weighted by molar-refractivity contribution is 9.10. The van der Waals surface area contributed by atoms with Crippen LogP contribution in [0.3, 0.4) is 0 Å². The number of hydrogen-bond acceptors (Lipinski definition) is 5. The number of hydrogen-bond donors (Lipinski definition) is 0. The second kappa shape index (κ2) is 7.51. The van der Waals surface area contributed by atoms with E-state index in [4.69, 9.17) is 4.42 Å². The number of aryl methyl sites for hydroxylation is 1. The van der Waals surface area contributed by atoms with Gasteiger partial charge in [-0.15, -0.1) is 10.2 Å². The van der Waals surface area contributed by atoms with Crippen molar-refractivity contribution in [3.05, 3.63) is 70.7 Å². The number of benzene rings is 1. The van der Waals surface area contributed by atoms with Gasteiger partial charge in [0.05, 0.1) is 6.54 Å². The van der Waals surface area contributed by atoms with Crippen LogP contribution in [-0.2, 0) is 19.3 Å². The van der Waals surface area contributed by atoms with Gasteiger partial charge < -0.3 is 4.42 Å². The molecule has 6 nitrogen and oxygen atoms in total. The van der Waals surface area contributed by atoms with E-state index in [1.165, 1.54) is 5.56 Å². The van der Waals surface area contributed by atoms with Crippen LogP contribution < -0.4 is 0 Å². The van der Waals surface area contributed by atoms with Crippen molar-refractivity contribution in [3.8, 4) is 11.6 Å². The Kier molecular flexibility index (Phi) is 4.94. The summed E-state index contributed by atoms with van der Waals surface area (Å²) in [7, 11) is 1.94. The average molecular weight is 430 g/mol. The third-order valence-corrected chi connectivity index (χ3v) is 5.39. The van der Waals surface area contributed by atoms with E-state index in [2.05, 4.69) is 47.9 Å². The van der Waals surface area contributed by atoms with Crippen LogP contribution in [0.5, 0.6) is 0 Å². The first-order chi connectivity index (χ1) is 12.7. The molecule has 0 saturated carbocycles. The Morgan fingerprint density at radius 2 is 1.92 bits per heavy atom. The summed E-state index contributed by atoms with van der Waals surface area (Å²) in [5, 5.41) is 13.8. The van der Waals surface area contributed by atoms with Gasteiger partial charge in [-0.05, 0) is 39.7 Å². The largest absolute Gasteiger partial charge is 0.446 e. The minimum absolute atomic E-state index is 0.672. The summed E-state index contributed by atoms with van der Waals surface area (Å²) >= 11 is 4.99. The zero-order chi connectivity index (χ0) is 17.9. The van der Waals surface area contributed by atoms with E-state index in [-0.39, 0.29) is 0 Å². The van der Waals surface area contributed by atoms with Crippen LogP contribution in [0.25, 0.3) is 11.6 Å². The Bertz CT molecular complexity index is 1010. The normalized spacial score (nSPS) is 11.2. The molecule has 3 aromatic heterocycles. The summed E-state index contributed by atoms with van der Waals surface area (Å²) in [6.45, 7) is 0.676. The molecule has 132 valence electrons. The van der Waals surface area contributed by atoms with Crippen molar-refractivity contribution in [2.24, 2.45) is 7.05 Å². The quantitative estimate of drug-likeness (QED) is 0.425. The minimum atomic E-state index is 0.672. The van der Waals surface area contributed by atoms with E-state index in [1.807, 2.05) is 48.1 Å². The van der Waals surface area contributed by atoms with Gasteiger partial charge in [-0.1, -0.05) is 42.1 Å². The highest BCUT2D eigenvalue weighted by Gasteiger charge is 2.18. The predicted molar refractivity (Wildman–Crippen MR) is 104 cm³/mol. The highest BCUT2D eigenvalue weighted by Crippen LogP contribution is 2.29. The molecule has 0 bridgehead atoms. The van der Waals surface area contributed by atoms with Crippen LogP contribution in [0, 0.1) is 0 Å². The average Bonchev–Trinajstić information content (AvgIpc) is 3.35. The summed E-state index contributed by atoms with van der Waals surface area (Å²) in [4.78, 5) is 0. The molecule has 4 aromatic rings. The Morgan fingerprint density at radius 3 is 2.62 bits per heavy atom. The lowest BCUT2D eigenvalue weighted by atomic mass is 10.2. The topological polar surface area (TPSA) is 61.7 Å². The molecular weight excluding hydrogens is 414 g/mol. The maximum Gasteiger partial charge on any atom is 0.200 e. The van der Waals surface area contributed by atoms with Crippen molar-refractivity contribution >= 4 is 27.7 Å². The molecule has 26 heavy (non-hydrogen) atoms. The molecule has 0 atom stereocenters. The lowest BCUT2D eigenvalue weighted by molar-refractivity contribution is 0.545. The van der Waals surface area contributed by atoms with E-state index in [0.29, 0.717) is 22.8 Å². The Balaban J connectivity index is 1.66. The molecule has 0 unspecified atom stereocenters. The number of nitrogens with zero attached hydrogens (tertiary/aromatic N) is 5. The van der Waals surface area contributed by atoms with Gasteiger partial charge in [-0.25, -0.2) is 0 Å². The third kappa shape index (κ3) is 3.61. The van der Waals surface area contributed by atoms with E-state index in [9.17, 15) is 0 Å². The van der Waals surface area contributed by atoms with Gasteiger partial charge in [0.2, 0.25) is 5.82 Å². The first kappa shape index (κ1) is 17.1. The molecule has 0 saturated heterocycles. The fourth-order valence-electron chi connectivity index (χ4n) is 2.60. The van der Waals surface area contributed by atoms with Gasteiger partial charge in [0.15, 0.2) is 15.6 Å². The monoisotopic (exact) mass is 429 g/mol. The van der Waals surface area contributed by atoms with E-state index in [1.54, 1.807) is 18.0 Å². The van der Waals surface area contributed by atoms with Crippen molar-refractivity contribution < 1.29 is 4.42 Å². The standard InChI is InChI=1S/C18H16BrN5OS/c1-23-14(9-10-20-23)12-26-18-22-21-17(15-7-8-16(19)25-15)24(18)11-13-5-3-2-4-6-13/h2-10H,11-12H2,1H3. The van der Waals surface area contributed by atoms with Gasteiger partial charge in [0.25, 0.3) is 0 Å². The molecule has 0 aliphatic carbocycles. The summed E-state index contributed by atoms with van der Waals surface area (Å²) in [6, 6.07) is 16.0. The third-order valence-electron chi connectivity index (χ3n) is 3.97. The predicted octanol–water partition coefficient (Wildman–Crippen LogP) is 4.37. The molecule has 0 N–H and O–H groups in total. The zero-order valence-electron chi connectivity index (χ0n) is 14.0. The smallest absolute Gasteiger partial charge is 0.200 e. The summed E-state index contributed by atoms with van der Waals surface area (Å²) < 4.78 is 10.3. The van der Waals surface area contributed by atoms with Crippen LogP contribution in [0.1, 0.15) is 11.3 Å². The second-order valence-corrected chi connectivity index (χ2v) is 7.44. The van der Waals surface area contributed by atoms with E-state index >= 15 is 0 Å². The number of rotatable bonds is 6. The number of halogens is 1. The van der Waals surface area contributed by atoms with Crippen LogP contribution >= 0.6 is 27.7 Å². The van der Waals surface area contributed by atoms with Gasteiger partial charge in [0.1, 0.15) is 0 Å². The van der Waals surface area contributed by atoms with E-state index < -0.39 is 0 Å². The summed E-state index contributed by atoms with van der Waals surface area (Å²) in [5.74, 6) is 2.17. The van der Waals surface area contributed by atoms with Crippen molar-refractivity contribution in [2.75, 3.05) is 0 Å². The van der Waals surface area contributed by atoms with Crippen molar-refractivity contribution in [1.82, 2.24) is 24.5 Å². The fourth-order valence-corrected chi connectivity index (χ4v) is 3.87. The first-order valence-corrected chi connectivity index (χ1v) is 9.81. The number of furan rings is 1. The second-order valence-electron chi connectivity index (χ2n) is 5.72. The minimum Gasteiger partial charge on any atom is -0.446 e. The van der Waals surface area contributed by atoms with Crippen LogP contribution in [0.15, 0.2) is 69.0 Å².